The van der Waals surface area contributed by atoms with Gasteiger partial charge in [0.25, 0.3) is 5.91 Å². The first-order valence-electron chi connectivity index (χ1n) is 8.29. The summed E-state index contributed by atoms with van der Waals surface area (Å²) in [6.07, 6.45) is 3.39. The van der Waals surface area contributed by atoms with Crippen molar-refractivity contribution < 1.29 is 14.6 Å². The van der Waals surface area contributed by atoms with Crippen molar-refractivity contribution in [1.29, 1.82) is 0 Å². The topological polar surface area (TPSA) is 91.4 Å². The summed E-state index contributed by atoms with van der Waals surface area (Å²) in [5, 5.41) is 3.90. The normalized spacial score (nSPS) is 25.9. The Bertz CT molecular complexity index is 923. The quantitative estimate of drug-likeness (QED) is 0.840. The van der Waals surface area contributed by atoms with Gasteiger partial charge >= 0.3 is 0 Å². The zero-order chi connectivity index (χ0) is 17.6. The molecule has 0 aliphatic carbocycles. The number of hydrogen-bond donors (Lipinski definition) is 2. The Morgan fingerprint density at radius 1 is 1.36 bits per heavy atom. The number of sulfonamides is 1. The van der Waals surface area contributed by atoms with Gasteiger partial charge in [-0.1, -0.05) is 0 Å². The van der Waals surface area contributed by atoms with Gasteiger partial charge in [0.05, 0.1) is 11.0 Å². The lowest BCUT2D eigenvalue weighted by atomic mass is 9.84. The molecule has 2 N–H and O–H groups in total. The number of hydrogen-bond acceptors (Lipinski definition) is 6. The maximum Gasteiger partial charge on any atom is 0.271 e. The van der Waals surface area contributed by atoms with Gasteiger partial charge in [0.1, 0.15) is 5.69 Å². The van der Waals surface area contributed by atoms with Crippen molar-refractivity contribution in [2.75, 3.05) is 30.6 Å². The van der Waals surface area contributed by atoms with Crippen LogP contribution in [0.2, 0.25) is 0 Å². The second-order valence-corrected chi connectivity index (χ2v) is 9.39. The molecule has 0 radical (unpaired) electrons. The molecule has 3 saturated heterocycles. The van der Waals surface area contributed by atoms with E-state index in [0.717, 1.165) is 48.8 Å². The molecule has 2 bridgehead atoms. The highest BCUT2D eigenvalue weighted by Gasteiger charge is 2.35. The number of anilines is 1. The molecule has 2 aromatic rings. The van der Waals surface area contributed by atoms with E-state index in [1.807, 2.05) is 0 Å². The fourth-order valence-electron chi connectivity index (χ4n) is 3.74. The van der Waals surface area contributed by atoms with Gasteiger partial charge in [-0.25, -0.2) is 8.42 Å². The predicted octanol–water partition coefficient (Wildman–Crippen LogP) is 1.74. The summed E-state index contributed by atoms with van der Waals surface area (Å²) in [5.74, 6) is 0.415. The Morgan fingerprint density at radius 2 is 2.12 bits per heavy atom. The van der Waals surface area contributed by atoms with Crippen LogP contribution in [-0.4, -0.2) is 55.5 Å². The van der Waals surface area contributed by atoms with Gasteiger partial charge in [0, 0.05) is 25.1 Å². The number of amides is 1. The SMILES string of the molecule is CS(=O)(=O)Nc1ccc2c(C(=O)N[C@@H]3CN4CCC3CC4)nsc2c1.[HH]. The zero-order valence-corrected chi connectivity index (χ0v) is 15.5. The van der Waals surface area contributed by atoms with E-state index in [9.17, 15) is 13.2 Å². The average Bonchev–Trinajstić information content (AvgIpc) is 2.97. The second kappa shape index (κ2) is 6.22. The molecule has 0 spiro atoms. The summed E-state index contributed by atoms with van der Waals surface area (Å²) in [7, 11) is -3.33. The molecule has 1 amide bonds. The van der Waals surface area contributed by atoms with E-state index in [-0.39, 0.29) is 13.4 Å². The van der Waals surface area contributed by atoms with Crippen LogP contribution in [0.25, 0.3) is 10.1 Å². The van der Waals surface area contributed by atoms with Crippen LogP contribution in [0, 0.1) is 5.92 Å². The van der Waals surface area contributed by atoms with E-state index >= 15 is 0 Å². The van der Waals surface area contributed by atoms with Crippen molar-refractivity contribution in [2.24, 2.45) is 5.92 Å². The number of rotatable bonds is 4. The summed E-state index contributed by atoms with van der Waals surface area (Å²) < 4.78 is 30.2. The first kappa shape index (κ1) is 16.7. The molecule has 9 heteroatoms. The van der Waals surface area contributed by atoms with Crippen LogP contribution < -0.4 is 10.0 Å². The molecule has 1 aromatic carbocycles. The molecule has 3 fully saturated rings. The Labute approximate surface area is 152 Å². The van der Waals surface area contributed by atoms with Crippen LogP contribution in [0.3, 0.4) is 0 Å². The minimum atomic E-state index is -3.33. The highest BCUT2D eigenvalue weighted by molar-refractivity contribution is 7.92. The van der Waals surface area contributed by atoms with Crippen molar-refractivity contribution in [3.05, 3.63) is 23.9 Å². The van der Waals surface area contributed by atoms with Gasteiger partial charge in [-0.15, -0.1) is 0 Å². The van der Waals surface area contributed by atoms with Gasteiger partial charge in [-0.2, -0.15) is 4.37 Å². The third-order valence-electron chi connectivity index (χ3n) is 4.96. The monoisotopic (exact) mass is 382 g/mol. The highest BCUT2D eigenvalue weighted by Crippen LogP contribution is 2.29. The van der Waals surface area contributed by atoms with E-state index in [1.165, 1.54) is 11.5 Å². The fraction of sp³-hybridized carbons (Fsp3) is 0.500. The largest absolute Gasteiger partial charge is 0.346 e. The molecule has 3 aliphatic heterocycles. The number of nitrogens with zero attached hydrogens (tertiary/aromatic N) is 2. The molecule has 1 aromatic heterocycles. The van der Waals surface area contributed by atoms with Gasteiger partial charge in [-0.05, 0) is 61.6 Å². The van der Waals surface area contributed by atoms with Gasteiger partial charge in [0.15, 0.2) is 0 Å². The van der Waals surface area contributed by atoms with Crippen molar-refractivity contribution in [1.82, 2.24) is 14.6 Å². The number of nitrogens with one attached hydrogen (secondary N) is 2. The van der Waals surface area contributed by atoms with Crippen LogP contribution in [0.4, 0.5) is 5.69 Å². The molecule has 4 heterocycles. The Morgan fingerprint density at radius 3 is 2.76 bits per heavy atom. The number of fused-ring (bicyclic) bond motifs is 4. The second-order valence-electron chi connectivity index (χ2n) is 6.83. The van der Waals surface area contributed by atoms with E-state index in [2.05, 4.69) is 19.3 Å². The minimum Gasteiger partial charge on any atom is -0.346 e. The van der Waals surface area contributed by atoms with E-state index in [4.69, 9.17) is 0 Å². The summed E-state index contributed by atoms with van der Waals surface area (Å²) in [5.41, 5.74) is 0.894. The number of aromatic nitrogens is 1. The van der Waals surface area contributed by atoms with Crippen molar-refractivity contribution in [3.63, 3.8) is 0 Å². The summed E-state index contributed by atoms with van der Waals surface area (Å²) in [6.45, 7) is 3.18. The summed E-state index contributed by atoms with van der Waals surface area (Å²) in [6, 6.07) is 5.30. The van der Waals surface area contributed by atoms with Crippen LogP contribution in [-0.2, 0) is 10.0 Å². The average molecular weight is 383 g/mol. The fourth-order valence-corrected chi connectivity index (χ4v) is 5.11. The number of carbonyl (C=O) groups is 1. The molecule has 0 unspecified atom stereocenters. The lowest BCUT2D eigenvalue weighted by molar-refractivity contribution is 0.0619. The Balaban J connectivity index is 0.00000196. The van der Waals surface area contributed by atoms with Crippen molar-refractivity contribution in [3.8, 4) is 0 Å². The molecule has 136 valence electrons. The first-order valence-corrected chi connectivity index (χ1v) is 11.0. The molecule has 1 atom stereocenters. The molecular weight excluding hydrogens is 360 g/mol. The molecule has 3 aliphatic rings. The molecule has 5 rings (SSSR count). The summed E-state index contributed by atoms with van der Waals surface area (Å²) >= 11 is 1.20. The van der Waals surface area contributed by atoms with E-state index in [0.29, 0.717) is 17.3 Å². The third kappa shape index (κ3) is 3.49. The van der Waals surface area contributed by atoms with E-state index < -0.39 is 10.0 Å². The Kier molecular flexibility index (Phi) is 4.17. The van der Waals surface area contributed by atoms with Gasteiger partial charge < -0.3 is 10.2 Å². The third-order valence-corrected chi connectivity index (χ3v) is 6.38. The lowest BCUT2D eigenvalue weighted by Gasteiger charge is -2.44. The first-order chi connectivity index (χ1) is 11.9. The maximum atomic E-state index is 12.7. The molecule has 25 heavy (non-hydrogen) atoms. The molecular formula is C16H22N4O3S2. The van der Waals surface area contributed by atoms with Gasteiger partial charge in [-0.3, -0.25) is 9.52 Å². The molecule has 7 nitrogen and oxygen atoms in total. The summed E-state index contributed by atoms with van der Waals surface area (Å²) in [4.78, 5) is 15.1. The molecule has 0 saturated carbocycles. The predicted molar refractivity (Wildman–Crippen MR) is 101 cm³/mol. The van der Waals surface area contributed by atoms with Crippen LogP contribution in [0.15, 0.2) is 18.2 Å². The minimum absolute atomic E-state index is 0. The van der Waals surface area contributed by atoms with Crippen molar-refractivity contribution >= 4 is 43.2 Å². The van der Waals surface area contributed by atoms with Crippen LogP contribution in [0.5, 0.6) is 0 Å². The number of piperidine rings is 3. The standard InChI is InChI=1S/C16H20N4O3S2.H2/c1-25(22,23)19-11-2-3-12-14(8-11)24-18-15(12)16(21)17-13-9-20-6-4-10(13)5-7-20;/h2-3,8,10,13,19H,4-7,9H2,1H3,(H,17,21);1H/t13-;/m1./s1. The van der Waals surface area contributed by atoms with E-state index in [1.54, 1.807) is 18.2 Å². The van der Waals surface area contributed by atoms with Crippen molar-refractivity contribution in [2.45, 2.75) is 18.9 Å². The maximum absolute atomic E-state index is 12.7. The lowest BCUT2D eigenvalue weighted by Crippen LogP contribution is -2.57. The number of carbonyl (C=O) groups excluding carboxylic acids is 1. The smallest absolute Gasteiger partial charge is 0.271 e. The van der Waals surface area contributed by atoms with Gasteiger partial charge in [0.2, 0.25) is 10.0 Å². The number of benzene rings is 1. The van der Waals surface area contributed by atoms with Crippen LogP contribution in [0.1, 0.15) is 24.8 Å². The highest BCUT2D eigenvalue weighted by atomic mass is 32.2. The zero-order valence-electron chi connectivity index (χ0n) is 13.9. The van der Waals surface area contributed by atoms with Crippen LogP contribution >= 0.6 is 11.5 Å². The Hall–Kier alpha value is -1.71.